The Labute approximate surface area is 107 Å². The van der Waals surface area contributed by atoms with Gasteiger partial charge in [0.2, 0.25) is 0 Å². The van der Waals surface area contributed by atoms with E-state index in [0.717, 1.165) is 29.8 Å². The highest BCUT2D eigenvalue weighted by Gasteiger charge is 2.05. The molecule has 18 heavy (non-hydrogen) atoms. The van der Waals surface area contributed by atoms with Gasteiger partial charge in [-0.05, 0) is 48.7 Å². The normalized spacial score (nSPS) is 10.1. The molecule has 0 amide bonds. The van der Waals surface area contributed by atoms with Crippen molar-refractivity contribution in [2.75, 3.05) is 0 Å². The Morgan fingerprint density at radius 3 is 2.56 bits per heavy atom. The first-order valence-electron chi connectivity index (χ1n) is 6.06. The molecule has 0 aliphatic heterocycles. The highest BCUT2D eigenvalue weighted by molar-refractivity contribution is 5.75. The summed E-state index contributed by atoms with van der Waals surface area (Å²) in [5.41, 5.74) is 2.81. The van der Waals surface area contributed by atoms with Gasteiger partial charge in [-0.25, -0.2) is 0 Å². The number of carbonyl (C=O) groups excluding carboxylic acids is 1. The summed E-state index contributed by atoms with van der Waals surface area (Å²) in [6.45, 7) is 4.04. The van der Waals surface area contributed by atoms with Gasteiger partial charge in [-0.1, -0.05) is 25.1 Å². The molecular formula is C16H16O2. The molecule has 0 saturated heterocycles. The second-order valence-corrected chi connectivity index (χ2v) is 4.21. The maximum Gasteiger partial charge on any atom is 0.150 e. The zero-order valence-corrected chi connectivity index (χ0v) is 10.6. The zero-order chi connectivity index (χ0) is 13.0. The van der Waals surface area contributed by atoms with E-state index in [0.29, 0.717) is 5.56 Å². The van der Waals surface area contributed by atoms with Crippen LogP contribution >= 0.6 is 0 Å². The number of ether oxygens (including phenoxy) is 1. The molecule has 2 heteroatoms. The second-order valence-electron chi connectivity index (χ2n) is 4.21. The quantitative estimate of drug-likeness (QED) is 0.750. The maximum atomic E-state index is 10.7. The molecule has 2 rings (SSSR count). The van der Waals surface area contributed by atoms with Gasteiger partial charge >= 0.3 is 0 Å². The van der Waals surface area contributed by atoms with Crippen LogP contribution in [0.1, 0.15) is 28.4 Å². The summed E-state index contributed by atoms with van der Waals surface area (Å²) in [5, 5.41) is 0. The van der Waals surface area contributed by atoms with Crippen molar-refractivity contribution >= 4 is 6.29 Å². The first-order valence-corrected chi connectivity index (χ1v) is 6.06. The molecule has 0 spiro atoms. The summed E-state index contributed by atoms with van der Waals surface area (Å²) in [6, 6.07) is 13.4. The third-order valence-electron chi connectivity index (χ3n) is 2.91. The molecule has 0 unspecified atom stereocenters. The van der Waals surface area contributed by atoms with Crippen molar-refractivity contribution in [3.63, 3.8) is 0 Å². The van der Waals surface area contributed by atoms with Crippen LogP contribution in [-0.2, 0) is 6.42 Å². The van der Waals surface area contributed by atoms with Gasteiger partial charge in [0.05, 0.1) is 0 Å². The molecule has 0 radical (unpaired) electrons. The van der Waals surface area contributed by atoms with Crippen LogP contribution in [0.15, 0.2) is 42.5 Å². The number of aryl methyl sites for hydroxylation is 2. The Kier molecular flexibility index (Phi) is 3.78. The van der Waals surface area contributed by atoms with E-state index in [2.05, 4.69) is 13.0 Å². The first kappa shape index (κ1) is 12.4. The largest absolute Gasteiger partial charge is 0.457 e. The van der Waals surface area contributed by atoms with Gasteiger partial charge in [0.15, 0.2) is 0 Å². The summed E-state index contributed by atoms with van der Waals surface area (Å²) in [5.74, 6) is 1.67. The minimum Gasteiger partial charge on any atom is -0.457 e. The molecule has 2 aromatic carbocycles. The minimum absolute atomic E-state index is 0.670. The lowest BCUT2D eigenvalue weighted by Crippen LogP contribution is -1.93. The molecule has 2 aromatic rings. The number of hydrogen-bond donors (Lipinski definition) is 0. The highest BCUT2D eigenvalue weighted by atomic mass is 16.5. The molecule has 0 aromatic heterocycles. The molecular weight excluding hydrogens is 224 g/mol. The number of benzene rings is 2. The lowest BCUT2D eigenvalue weighted by molar-refractivity contribution is 0.112. The Bertz CT molecular complexity index is 559. The van der Waals surface area contributed by atoms with Crippen LogP contribution in [0.5, 0.6) is 11.5 Å². The predicted octanol–water partition coefficient (Wildman–Crippen LogP) is 4.16. The average molecular weight is 240 g/mol. The van der Waals surface area contributed by atoms with Crippen molar-refractivity contribution in [3.05, 3.63) is 59.2 Å². The Morgan fingerprint density at radius 2 is 1.89 bits per heavy atom. The Balaban J connectivity index is 2.31. The number of hydrogen-bond acceptors (Lipinski definition) is 2. The van der Waals surface area contributed by atoms with Gasteiger partial charge in [-0.3, -0.25) is 4.79 Å². The van der Waals surface area contributed by atoms with Gasteiger partial charge < -0.3 is 4.74 Å². The number of para-hydroxylation sites is 1. The van der Waals surface area contributed by atoms with Crippen molar-refractivity contribution in [2.24, 2.45) is 0 Å². The van der Waals surface area contributed by atoms with E-state index in [1.165, 1.54) is 5.56 Å². The van der Waals surface area contributed by atoms with Crippen LogP contribution in [0.3, 0.4) is 0 Å². The maximum absolute atomic E-state index is 10.7. The van der Waals surface area contributed by atoms with Gasteiger partial charge in [-0.15, -0.1) is 0 Å². The molecule has 0 atom stereocenters. The van der Waals surface area contributed by atoms with Crippen molar-refractivity contribution < 1.29 is 9.53 Å². The molecule has 0 bridgehead atoms. The predicted molar refractivity (Wildman–Crippen MR) is 72.5 cm³/mol. The van der Waals surface area contributed by atoms with Gasteiger partial charge in [0, 0.05) is 5.56 Å². The first-order chi connectivity index (χ1) is 8.74. The van der Waals surface area contributed by atoms with Crippen molar-refractivity contribution in [2.45, 2.75) is 20.3 Å². The Morgan fingerprint density at radius 1 is 1.11 bits per heavy atom. The lowest BCUT2D eigenvalue weighted by atomic mass is 10.1. The molecule has 0 aliphatic carbocycles. The molecule has 2 nitrogen and oxygen atoms in total. The van der Waals surface area contributed by atoms with E-state index in [1.807, 2.05) is 37.3 Å². The zero-order valence-electron chi connectivity index (χ0n) is 10.6. The van der Waals surface area contributed by atoms with Gasteiger partial charge in [-0.2, -0.15) is 0 Å². The third kappa shape index (κ3) is 2.59. The molecule has 0 fully saturated rings. The van der Waals surface area contributed by atoms with Crippen LogP contribution in [0, 0.1) is 6.92 Å². The van der Waals surface area contributed by atoms with Crippen LogP contribution < -0.4 is 4.74 Å². The average Bonchev–Trinajstić information content (AvgIpc) is 2.41. The summed E-state index contributed by atoms with van der Waals surface area (Å²) in [4.78, 5) is 10.7. The fourth-order valence-electron chi connectivity index (χ4n) is 1.87. The summed E-state index contributed by atoms with van der Waals surface area (Å²) in [7, 11) is 0. The molecule has 92 valence electrons. The van der Waals surface area contributed by atoms with E-state index in [-0.39, 0.29) is 0 Å². The summed E-state index contributed by atoms with van der Waals surface area (Å²) in [6.07, 6.45) is 1.78. The number of rotatable bonds is 4. The highest BCUT2D eigenvalue weighted by Crippen LogP contribution is 2.28. The minimum atomic E-state index is 0.670. The van der Waals surface area contributed by atoms with Crippen molar-refractivity contribution in [1.29, 1.82) is 0 Å². The molecule has 0 heterocycles. The van der Waals surface area contributed by atoms with Crippen LogP contribution in [0.25, 0.3) is 0 Å². The van der Waals surface area contributed by atoms with E-state index in [1.54, 1.807) is 6.07 Å². The number of carbonyl (C=O) groups is 1. The standard InChI is InChI=1S/C16H16O2/c1-3-14-6-4-5-7-16(14)18-15-9-8-13(11-17)10-12(15)2/h4-11H,3H2,1-2H3. The lowest BCUT2D eigenvalue weighted by Gasteiger charge is -2.12. The number of aldehydes is 1. The monoisotopic (exact) mass is 240 g/mol. The van der Waals surface area contributed by atoms with Crippen LogP contribution in [-0.4, -0.2) is 6.29 Å². The van der Waals surface area contributed by atoms with Crippen molar-refractivity contribution in [3.8, 4) is 11.5 Å². The van der Waals surface area contributed by atoms with E-state index >= 15 is 0 Å². The summed E-state index contributed by atoms with van der Waals surface area (Å²) < 4.78 is 5.91. The SMILES string of the molecule is CCc1ccccc1Oc1ccc(C=O)cc1C. The van der Waals surface area contributed by atoms with E-state index in [4.69, 9.17) is 4.74 Å². The van der Waals surface area contributed by atoms with Gasteiger partial charge in [0.25, 0.3) is 0 Å². The Hall–Kier alpha value is -2.09. The van der Waals surface area contributed by atoms with E-state index < -0.39 is 0 Å². The van der Waals surface area contributed by atoms with E-state index in [9.17, 15) is 4.79 Å². The second kappa shape index (κ2) is 5.50. The van der Waals surface area contributed by atoms with Crippen LogP contribution in [0.4, 0.5) is 0 Å². The molecule has 0 aliphatic rings. The smallest absolute Gasteiger partial charge is 0.150 e. The van der Waals surface area contributed by atoms with Crippen molar-refractivity contribution in [1.82, 2.24) is 0 Å². The van der Waals surface area contributed by atoms with Crippen LogP contribution in [0.2, 0.25) is 0 Å². The molecule has 0 saturated carbocycles. The van der Waals surface area contributed by atoms with Gasteiger partial charge in [0.1, 0.15) is 17.8 Å². The third-order valence-corrected chi connectivity index (χ3v) is 2.91. The fourth-order valence-corrected chi connectivity index (χ4v) is 1.87. The summed E-state index contributed by atoms with van der Waals surface area (Å²) >= 11 is 0. The fraction of sp³-hybridized carbons (Fsp3) is 0.188. The molecule has 0 N–H and O–H groups in total. The topological polar surface area (TPSA) is 26.3 Å².